The second kappa shape index (κ2) is 7.96. The Bertz CT molecular complexity index is 838. The minimum Gasteiger partial charge on any atom is -0.335 e. The number of nitrogens with one attached hydrogen (secondary N) is 1. The Morgan fingerprint density at radius 3 is 2.21 bits per heavy atom. The van der Waals surface area contributed by atoms with Crippen molar-refractivity contribution < 1.29 is 9.59 Å². The number of benzene rings is 1. The summed E-state index contributed by atoms with van der Waals surface area (Å²) in [6, 6.07) is 11.3. The van der Waals surface area contributed by atoms with Crippen molar-refractivity contribution in [3.8, 4) is 0 Å². The average molecular weight is 379 g/mol. The lowest BCUT2D eigenvalue weighted by Gasteiger charge is -2.34. The largest absolute Gasteiger partial charge is 0.335 e. The van der Waals surface area contributed by atoms with Gasteiger partial charge in [-0.05, 0) is 49.1 Å². The van der Waals surface area contributed by atoms with E-state index in [-0.39, 0.29) is 11.9 Å². The zero-order chi connectivity index (χ0) is 19.5. The number of carbonyl (C=O) groups excluding carboxylic acids is 2. The highest BCUT2D eigenvalue weighted by atomic mass is 16.2. The molecule has 2 fully saturated rings. The Balaban J connectivity index is 1.29. The second-order valence-electron chi connectivity index (χ2n) is 7.38. The minimum atomic E-state index is -0.201. The molecule has 1 N–H and O–H groups in total. The summed E-state index contributed by atoms with van der Waals surface area (Å²) in [5, 5.41) is 11.1. The van der Waals surface area contributed by atoms with Crippen molar-refractivity contribution in [3.05, 3.63) is 53.2 Å². The highest BCUT2D eigenvalue weighted by Crippen LogP contribution is 2.38. The van der Waals surface area contributed by atoms with E-state index in [2.05, 4.69) is 22.4 Å². The van der Waals surface area contributed by atoms with Crippen molar-refractivity contribution in [1.82, 2.24) is 20.0 Å². The van der Waals surface area contributed by atoms with Crippen LogP contribution in [0.15, 0.2) is 36.4 Å². The van der Waals surface area contributed by atoms with Crippen LogP contribution in [-0.2, 0) is 6.42 Å². The van der Waals surface area contributed by atoms with E-state index >= 15 is 0 Å². The smallest absolute Gasteiger partial charge is 0.323 e. The summed E-state index contributed by atoms with van der Waals surface area (Å²) >= 11 is 0. The number of urea groups is 1. The molecule has 0 bridgehead atoms. The van der Waals surface area contributed by atoms with Gasteiger partial charge in [-0.15, -0.1) is 5.10 Å². The molecule has 7 heteroatoms. The zero-order valence-corrected chi connectivity index (χ0v) is 16.1. The molecule has 3 amide bonds. The van der Waals surface area contributed by atoms with E-state index in [4.69, 9.17) is 0 Å². The van der Waals surface area contributed by atoms with E-state index in [1.807, 2.05) is 30.3 Å². The Morgan fingerprint density at radius 2 is 1.64 bits per heavy atom. The number of carbonyl (C=O) groups is 2. The van der Waals surface area contributed by atoms with Crippen molar-refractivity contribution in [2.75, 3.05) is 31.5 Å². The summed E-state index contributed by atoms with van der Waals surface area (Å²) in [5.74, 6) is 1.02. The van der Waals surface area contributed by atoms with Crippen LogP contribution in [-0.4, -0.2) is 58.1 Å². The number of aromatic nitrogens is 2. The zero-order valence-electron chi connectivity index (χ0n) is 16.1. The topological polar surface area (TPSA) is 78.4 Å². The van der Waals surface area contributed by atoms with Gasteiger partial charge in [0.25, 0.3) is 5.91 Å². The standard InChI is InChI=1S/C21H25N5O2/c1-2-15-3-5-17(6-4-15)20(27)25-11-13-26(14-12-25)21(28)22-19-10-9-18(23-24-19)16-7-8-16/h3-6,9-10,16H,2,7-8,11-14H2,1H3,(H,22,24,28). The van der Waals surface area contributed by atoms with E-state index in [9.17, 15) is 9.59 Å². The van der Waals surface area contributed by atoms with E-state index < -0.39 is 0 Å². The number of aryl methyl sites for hydroxylation is 1. The van der Waals surface area contributed by atoms with Gasteiger partial charge in [-0.3, -0.25) is 10.1 Å². The molecule has 2 aliphatic rings. The monoisotopic (exact) mass is 379 g/mol. The molecule has 0 spiro atoms. The number of amides is 3. The first-order chi connectivity index (χ1) is 13.6. The van der Waals surface area contributed by atoms with Crippen molar-refractivity contribution in [3.63, 3.8) is 0 Å². The SMILES string of the molecule is CCc1ccc(C(=O)N2CCN(C(=O)Nc3ccc(C4CC4)nn3)CC2)cc1. The molecule has 7 nitrogen and oxygen atoms in total. The van der Waals surface area contributed by atoms with Gasteiger partial charge < -0.3 is 9.80 Å². The van der Waals surface area contributed by atoms with Crippen molar-refractivity contribution in [2.45, 2.75) is 32.1 Å². The number of hydrogen-bond donors (Lipinski definition) is 1. The van der Waals surface area contributed by atoms with Gasteiger partial charge in [-0.25, -0.2) is 4.79 Å². The number of rotatable bonds is 4. The first-order valence-corrected chi connectivity index (χ1v) is 9.92. The predicted octanol–water partition coefficient (Wildman–Crippen LogP) is 2.91. The first kappa shape index (κ1) is 18.4. The van der Waals surface area contributed by atoms with Crippen LogP contribution >= 0.6 is 0 Å². The molecule has 1 aliphatic heterocycles. The van der Waals surface area contributed by atoms with E-state index in [1.54, 1.807) is 15.9 Å². The highest BCUT2D eigenvalue weighted by molar-refractivity contribution is 5.94. The quantitative estimate of drug-likeness (QED) is 0.886. The van der Waals surface area contributed by atoms with E-state index in [1.165, 1.54) is 18.4 Å². The van der Waals surface area contributed by atoms with Crippen LogP contribution in [0.4, 0.5) is 10.6 Å². The van der Waals surface area contributed by atoms with E-state index in [0.29, 0.717) is 43.5 Å². The molecular formula is C21H25N5O2. The van der Waals surface area contributed by atoms with Gasteiger partial charge in [0, 0.05) is 37.7 Å². The minimum absolute atomic E-state index is 0.0178. The van der Waals surface area contributed by atoms with Crippen molar-refractivity contribution in [1.29, 1.82) is 0 Å². The first-order valence-electron chi connectivity index (χ1n) is 9.92. The summed E-state index contributed by atoms with van der Waals surface area (Å²) < 4.78 is 0. The molecule has 0 radical (unpaired) electrons. The summed E-state index contributed by atoms with van der Waals surface area (Å²) in [7, 11) is 0. The van der Waals surface area contributed by atoms with Gasteiger partial charge in [-0.2, -0.15) is 5.10 Å². The summed E-state index contributed by atoms with van der Waals surface area (Å²) in [5.41, 5.74) is 2.91. The van der Waals surface area contributed by atoms with Crippen LogP contribution in [0.25, 0.3) is 0 Å². The maximum Gasteiger partial charge on any atom is 0.323 e. The normalized spacial score (nSPS) is 16.8. The van der Waals surface area contributed by atoms with E-state index in [0.717, 1.165) is 12.1 Å². The van der Waals surface area contributed by atoms with Crippen LogP contribution < -0.4 is 5.32 Å². The predicted molar refractivity (Wildman–Crippen MR) is 106 cm³/mol. The lowest BCUT2D eigenvalue weighted by atomic mass is 10.1. The third-order valence-electron chi connectivity index (χ3n) is 5.38. The van der Waals surface area contributed by atoms with Crippen LogP contribution in [0.2, 0.25) is 0 Å². The maximum atomic E-state index is 12.6. The van der Waals surface area contributed by atoms with Crippen LogP contribution in [0.3, 0.4) is 0 Å². The molecule has 2 aromatic rings. The van der Waals surface area contributed by atoms with Gasteiger partial charge in [-0.1, -0.05) is 19.1 Å². The number of piperazine rings is 1. The fraction of sp³-hybridized carbons (Fsp3) is 0.429. The van der Waals surface area contributed by atoms with Crippen LogP contribution in [0, 0.1) is 0 Å². The molecule has 4 rings (SSSR count). The lowest BCUT2D eigenvalue weighted by Crippen LogP contribution is -2.51. The fourth-order valence-corrected chi connectivity index (χ4v) is 3.37. The molecule has 146 valence electrons. The van der Waals surface area contributed by atoms with Gasteiger partial charge in [0.1, 0.15) is 0 Å². The fourth-order valence-electron chi connectivity index (χ4n) is 3.37. The molecule has 1 aromatic heterocycles. The molecule has 1 saturated heterocycles. The van der Waals surface area contributed by atoms with Gasteiger partial charge in [0.05, 0.1) is 5.69 Å². The van der Waals surface area contributed by atoms with Crippen LogP contribution in [0.1, 0.15) is 47.3 Å². The molecule has 1 saturated carbocycles. The third kappa shape index (κ3) is 4.13. The van der Waals surface area contributed by atoms with Crippen LogP contribution in [0.5, 0.6) is 0 Å². The molecule has 28 heavy (non-hydrogen) atoms. The Labute approximate surface area is 164 Å². The van der Waals surface area contributed by atoms with Crippen molar-refractivity contribution >= 4 is 17.8 Å². The Hall–Kier alpha value is -2.96. The second-order valence-corrected chi connectivity index (χ2v) is 7.38. The summed E-state index contributed by atoms with van der Waals surface area (Å²) in [6.07, 6.45) is 3.30. The third-order valence-corrected chi connectivity index (χ3v) is 5.38. The molecule has 0 atom stereocenters. The molecular weight excluding hydrogens is 354 g/mol. The number of anilines is 1. The number of nitrogens with zero attached hydrogens (tertiary/aromatic N) is 4. The summed E-state index contributed by atoms with van der Waals surface area (Å²) in [6.45, 7) is 4.13. The van der Waals surface area contributed by atoms with Gasteiger partial charge in [0.2, 0.25) is 0 Å². The molecule has 2 heterocycles. The van der Waals surface area contributed by atoms with Gasteiger partial charge in [0.15, 0.2) is 5.82 Å². The molecule has 1 aliphatic carbocycles. The van der Waals surface area contributed by atoms with Gasteiger partial charge >= 0.3 is 6.03 Å². The van der Waals surface area contributed by atoms with Crippen molar-refractivity contribution in [2.24, 2.45) is 0 Å². The maximum absolute atomic E-state index is 12.6. The Kier molecular flexibility index (Phi) is 5.23. The highest BCUT2D eigenvalue weighted by Gasteiger charge is 2.26. The average Bonchev–Trinajstić information content (AvgIpc) is 3.59. The summed E-state index contributed by atoms with van der Waals surface area (Å²) in [4.78, 5) is 28.6. The number of hydrogen-bond acceptors (Lipinski definition) is 4. The molecule has 1 aromatic carbocycles. The molecule has 0 unspecified atom stereocenters. The Morgan fingerprint density at radius 1 is 0.964 bits per heavy atom. The lowest BCUT2D eigenvalue weighted by molar-refractivity contribution is 0.0671.